The maximum absolute atomic E-state index is 13.1. The van der Waals surface area contributed by atoms with Crippen molar-refractivity contribution in [2.75, 3.05) is 19.6 Å². The quantitative estimate of drug-likeness (QED) is 0.926. The summed E-state index contributed by atoms with van der Waals surface area (Å²) >= 11 is 6.04. The van der Waals surface area contributed by atoms with Gasteiger partial charge >= 0.3 is 0 Å². The zero-order valence-corrected chi connectivity index (χ0v) is 13.7. The molecule has 0 spiro atoms. The second-order valence-electron chi connectivity index (χ2n) is 5.34. The van der Waals surface area contributed by atoms with Gasteiger partial charge in [-0.1, -0.05) is 16.8 Å². The third-order valence-corrected chi connectivity index (χ3v) is 3.84. The van der Waals surface area contributed by atoms with Gasteiger partial charge in [0, 0.05) is 32.2 Å². The van der Waals surface area contributed by atoms with Gasteiger partial charge in [-0.05, 0) is 25.1 Å². The van der Waals surface area contributed by atoms with Gasteiger partial charge in [0.15, 0.2) is 0 Å². The normalized spacial score (nSPS) is 19.0. The minimum Gasteiger partial charge on any atom is -0.312 e. The lowest BCUT2D eigenvalue weighted by Gasteiger charge is -2.30. The summed E-state index contributed by atoms with van der Waals surface area (Å²) in [6.45, 7) is 5.89. The van der Waals surface area contributed by atoms with Crippen LogP contribution in [0.25, 0.3) is 5.69 Å². The van der Waals surface area contributed by atoms with Crippen LogP contribution < -0.4 is 5.32 Å². The fraction of sp³-hybridized carbons (Fsp3) is 0.429. The van der Waals surface area contributed by atoms with Crippen LogP contribution in [0.15, 0.2) is 24.4 Å². The first-order valence-electron chi connectivity index (χ1n) is 6.94. The molecule has 0 saturated carbocycles. The molecule has 1 unspecified atom stereocenters. The molecule has 0 amide bonds. The van der Waals surface area contributed by atoms with E-state index in [4.69, 9.17) is 11.6 Å². The summed E-state index contributed by atoms with van der Waals surface area (Å²) in [5, 5.41) is 12.0. The van der Waals surface area contributed by atoms with Gasteiger partial charge in [0.1, 0.15) is 5.82 Å². The first kappa shape index (κ1) is 17.1. The van der Waals surface area contributed by atoms with Gasteiger partial charge in [-0.25, -0.2) is 9.07 Å². The lowest BCUT2D eigenvalue weighted by molar-refractivity contribution is 0.197. The van der Waals surface area contributed by atoms with Crippen molar-refractivity contribution in [3.05, 3.63) is 40.9 Å². The van der Waals surface area contributed by atoms with E-state index in [1.165, 1.54) is 12.1 Å². The first-order chi connectivity index (χ1) is 10.1. The Morgan fingerprint density at radius 1 is 1.45 bits per heavy atom. The number of halogens is 3. The highest BCUT2D eigenvalue weighted by atomic mass is 35.5. The molecule has 1 fully saturated rings. The monoisotopic (exact) mass is 345 g/mol. The molecule has 5 nitrogen and oxygen atoms in total. The van der Waals surface area contributed by atoms with E-state index in [0.717, 1.165) is 31.9 Å². The third kappa shape index (κ3) is 3.95. The number of rotatable bonds is 3. The topological polar surface area (TPSA) is 46.0 Å². The summed E-state index contributed by atoms with van der Waals surface area (Å²) in [5.74, 6) is -0.362. The minimum absolute atomic E-state index is 0. The number of piperazine rings is 1. The van der Waals surface area contributed by atoms with Crippen LogP contribution in [-0.4, -0.2) is 45.6 Å². The molecular formula is C14H18Cl2FN5. The Morgan fingerprint density at radius 2 is 2.27 bits per heavy atom. The van der Waals surface area contributed by atoms with Crippen LogP contribution in [0, 0.1) is 5.82 Å². The van der Waals surface area contributed by atoms with E-state index < -0.39 is 0 Å². The molecule has 0 bridgehead atoms. The average molecular weight is 346 g/mol. The zero-order chi connectivity index (χ0) is 14.8. The standard InChI is InChI=1S/C14H17ClFN5.ClH/c1-10-7-20(5-4-17-10)8-12-9-21(19-18-12)14-3-2-11(16)6-13(14)15;/h2-3,6,9-10,17H,4-5,7-8H2,1H3;1H. The molecule has 1 N–H and O–H groups in total. The Kier molecular flexibility index (Phi) is 5.74. The van der Waals surface area contributed by atoms with E-state index in [9.17, 15) is 4.39 Å². The molecule has 1 aliphatic rings. The molecule has 0 radical (unpaired) electrons. The van der Waals surface area contributed by atoms with Crippen LogP contribution in [0.1, 0.15) is 12.6 Å². The summed E-state index contributed by atoms with van der Waals surface area (Å²) in [4.78, 5) is 2.34. The fourth-order valence-corrected chi connectivity index (χ4v) is 2.79. The summed E-state index contributed by atoms with van der Waals surface area (Å²) < 4.78 is 14.7. The van der Waals surface area contributed by atoms with Crippen molar-refractivity contribution in [1.29, 1.82) is 0 Å². The molecule has 8 heteroatoms. The van der Waals surface area contributed by atoms with Crippen molar-refractivity contribution in [1.82, 2.24) is 25.2 Å². The van der Waals surface area contributed by atoms with Crippen LogP contribution in [0.3, 0.4) is 0 Å². The predicted molar refractivity (Wildman–Crippen MR) is 86.3 cm³/mol. The smallest absolute Gasteiger partial charge is 0.124 e. The van der Waals surface area contributed by atoms with Gasteiger partial charge in [0.25, 0.3) is 0 Å². The summed E-state index contributed by atoms with van der Waals surface area (Å²) in [5.41, 5.74) is 1.51. The summed E-state index contributed by atoms with van der Waals surface area (Å²) in [7, 11) is 0. The number of nitrogens with one attached hydrogen (secondary N) is 1. The molecule has 2 aromatic rings. The van der Waals surface area contributed by atoms with Crippen molar-refractivity contribution >= 4 is 24.0 Å². The number of hydrogen-bond donors (Lipinski definition) is 1. The molecule has 3 rings (SSSR count). The van der Waals surface area contributed by atoms with Gasteiger partial charge < -0.3 is 5.32 Å². The van der Waals surface area contributed by atoms with Gasteiger partial charge in [-0.2, -0.15) is 0 Å². The Labute approximate surface area is 139 Å². The molecule has 1 saturated heterocycles. The first-order valence-corrected chi connectivity index (χ1v) is 7.32. The van der Waals surface area contributed by atoms with Gasteiger partial charge in [-0.3, -0.25) is 4.90 Å². The predicted octanol–water partition coefficient (Wildman–Crippen LogP) is 2.28. The van der Waals surface area contributed by atoms with E-state index in [1.54, 1.807) is 10.7 Å². The zero-order valence-electron chi connectivity index (χ0n) is 12.2. The van der Waals surface area contributed by atoms with Crippen LogP contribution in [0.4, 0.5) is 4.39 Å². The van der Waals surface area contributed by atoms with Crippen LogP contribution in [0.2, 0.25) is 5.02 Å². The largest absolute Gasteiger partial charge is 0.312 e. The van der Waals surface area contributed by atoms with Crippen LogP contribution in [0.5, 0.6) is 0 Å². The van der Waals surface area contributed by atoms with Gasteiger partial charge in [0.2, 0.25) is 0 Å². The highest BCUT2D eigenvalue weighted by Crippen LogP contribution is 2.20. The lowest BCUT2D eigenvalue weighted by atomic mass is 10.2. The minimum atomic E-state index is -0.362. The van der Waals surface area contributed by atoms with Crippen molar-refractivity contribution < 1.29 is 4.39 Å². The van der Waals surface area contributed by atoms with E-state index >= 15 is 0 Å². The molecule has 0 aliphatic carbocycles. The number of hydrogen-bond acceptors (Lipinski definition) is 4. The Hall–Kier alpha value is -1.21. The van der Waals surface area contributed by atoms with Crippen LogP contribution in [-0.2, 0) is 6.54 Å². The maximum Gasteiger partial charge on any atom is 0.124 e. The SMILES string of the molecule is CC1CN(Cc2cn(-c3ccc(F)cc3Cl)nn2)CCN1.Cl. The number of benzene rings is 1. The summed E-state index contributed by atoms with van der Waals surface area (Å²) in [6, 6.07) is 4.72. The second-order valence-corrected chi connectivity index (χ2v) is 5.75. The van der Waals surface area contributed by atoms with Gasteiger partial charge in [0.05, 0.1) is 22.6 Å². The van der Waals surface area contributed by atoms with Crippen molar-refractivity contribution in [3.63, 3.8) is 0 Å². The van der Waals surface area contributed by atoms with E-state index in [-0.39, 0.29) is 18.2 Å². The van der Waals surface area contributed by atoms with Crippen molar-refractivity contribution in [2.24, 2.45) is 0 Å². The maximum atomic E-state index is 13.1. The molecule has 1 aliphatic heterocycles. The van der Waals surface area contributed by atoms with Crippen molar-refractivity contribution in [3.8, 4) is 5.69 Å². The Balaban J connectivity index is 0.00000176. The second kappa shape index (κ2) is 7.37. The molecule has 1 aromatic heterocycles. The van der Waals surface area contributed by atoms with Crippen molar-refractivity contribution in [2.45, 2.75) is 19.5 Å². The molecule has 1 atom stereocenters. The number of nitrogens with zero attached hydrogens (tertiary/aromatic N) is 4. The van der Waals surface area contributed by atoms with E-state index in [2.05, 4.69) is 27.5 Å². The fourth-order valence-electron chi connectivity index (χ4n) is 2.54. The third-order valence-electron chi connectivity index (χ3n) is 3.54. The highest BCUT2D eigenvalue weighted by Gasteiger charge is 2.17. The molecule has 120 valence electrons. The lowest BCUT2D eigenvalue weighted by Crippen LogP contribution is -2.48. The highest BCUT2D eigenvalue weighted by molar-refractivity contribution is 6.32. The molecule has 1 aromatic carbocycles. The Bertz CT molecular complexity index is 633. The molecule has 2 heterocycles. The van der Waals surface area contributed by atoms with Gasteiger partial charge in [-0.15, -0.1) is 17.5 Å². The van der Waals surface area contributed by atoms with E-state index in [1.807, 2.05) is 6.20 Å². The molecule has 22 heavy (non-hydrogen) atoms. The molecular weight excluding hydrogens is 328 g/mol. The van der Waals surface area contributed by atoms with Crippen LogP contribution >= 0.6 is 24.0 Å². The Morgan fingerprint density at radius 3 is 3.00 bits per heavy atom. The summed E-state index contributed by atoms with van der Waals surface area (Å²) in [6.07, 6.45) is 1.84. The number of aromatic nitrogens is 3. The van der Waals surface area contributed by atoms with E-state index in [0.29, 0.717) is 16.8 Å². The average Bonchev–Trinajstić information content (AvgIpc) is 2.87.